The fourth-order valence-electron chi connectivity index (χ4n) is 2.82. The Morgan fingerprint density at radius 2 is 1.74 bits per heavy atom. The summed E-state index contributed by atoms with van der Waals surface area (Å²) in [5.41, 5.74) is 0. The SMILES string of the molecule is CC(=O)OCC1O[C@@H](OCCCCCC(=O)O)C(C)[C@@H](C)[C@H]1C. The summed E-state index contributed by atoms with van der Waals surface area (Å²) < 4.78 is 16.9. The molecule has 0 bridgehead atoms. The maximum atomic E-state index is 11.0. The van der Waals surface area contributed by atoms with Crippen LogP contribution in [0.1, 0.15) is 53.4 Å². The highest BCUT2D eigenvalue weighted by atomic mass is 16.7. The average molecular weight is 330 g/mol. The molecule has 0 radical (unpaired) electrons. The number of hydrogen-bond donors (Lipinski definition) is 1. The Morgan fingerprint density at radius 3 is 2.35 bits per heavy atom. The maximum absolute atomic E-state index is 11.0. The van der Waals surface area contributed by atoms with Crippen LogP contribution in [0.5, 0.6) is 0 Å². The molecular weight excluding hydrogens is 300 g/mol. The third kappa shape index (κ3) is 6.87. The summed E-state index contributed by atoms with van der Waals surface area (Å²) in [5.74, 6) is -0.104. The molecule has 1 aliphatic rings. The Bertz CT molecular complexity index is 383. The number of carboxylic acid groups (broad SMARTS) is 1. The topological polar surface area (TPSA) is 82.1 Å². The van der Waals surface area contributed by atoms with Gasteiger partial charge in [0.2, 0.25) is 0 Å². The number of ether oxygens (including phenoxy) is 3. The lowest BCUT2D eigenvalue weighted by Gasteiger charge is -2.43. The molecule has 1 saturated heterocycles. The molecule has 1 heterocycles. The lowest BCUT2D eigenvalue weighted by atomic mass is 9.79. The van der Waals surface area contributed by atoms with Crippen LogP contribution in [-0.4, -0.2) is 42.7 Å². The number of rotatable bonds is 9. The highest BCUT2D eigenvalue weighted by Gasteiger charge is 2.39. The largest absolute Gasteiger partial charge is 0.481 e. The summed E-state index contributed by atoms with van der Waals surface area (Å²) in [5, 5.41) is 8.59. The first-order valence-electron chi connectivity index (χ1n) is 8.45. The molecule has 1 rings (SSSR count). The van der Waals surface area contributed by atoms with Crippen molar-refractivity contribution in [2.45, 2.75) is 65.8 Å². The monoisotopic (exact) mass is 330 g/mol. The number of carboxylic acids is 1. The minimum atomic E-state index is -0.758. The van der Waals surface area contributed by atoms with E-state index < -0.39 is 5.97 Å². The van der Waals surface area contributed by atoms with Gasteiger partial charge in [0.1, 0.15) is 6.61 Å². The predicted molar refractivity (Wildman–Crippen MR) is 84.8 cm³/mol. The molecule has 0 aromatic rings. The normalized spacial score (nSPS) is 30.9. The van der Waals surface area contributed by atoms with Crippen molar-refractivity contribution in [2.75, 3.05) is 13.2 Å². The van der Waals surface area contributed by atoms with E-state index in [1.807, 2.05) is 0 Å². The first-order chi connectivity index (χ1) is 10.8. The van der Waals surface area contributed by atoms with Gasteiger partial charge in [-0.2, -0.15) is 0 Å². The summed E-state index contributed by atoms with van der Waals surface area (Å²) in [7, 11) is 0. The van der Waals surface area contributed by atoms with Crippen molar-refractivity contribution in [1.82, 2.24) is 0 Å². The first kappa shape index (κ1) is 19.9. The van der Waals surface area contributed by atoms with Gasteiger partial charge in [0.05, 0.1) is 6.10 Å². The molecule has 2 unspecified atom stereocenters. The molecule has 1 fully saturated rings. The summed E-state index contributed by atoms with van der Waals surface area (Å²) in [6.07, 6.45) is 2.06. The molecule has 134 valence electrons. The Hall–Kier alpha value is -1.14. The molecule has 1 N–H and O–H groups in total. The van der Waals surface area contributed by atoms with Crippen molar-refractivity contribution in [2.24, 2.45) is 17.8 Å². The number of aliphatic carboxylic acids is 1. The van der Waals surface area contributed by atoms with Crippen LogP contribution in [0.2, 0.25) is 0 Å². The van der Waals surface area contributed by atoms with Crippen LogP contribution in [0, 0.1) is 17.8 Å². The van der Waals surface area contributed by atoms with E-state index in [2.05, 4.69) is 20.8 Å². The Morgan fingerprint density at radius 1 is 1.04 bits per heavy atom. The fourth-order valence-corrected chi connectivity index (χ4v) is 2.82. The number of esters is 1. The van der Waals surface area contributed by atoms with Crippen LogP contribution >= 0.6 is 0 Å². The molecular formula is C17H30O6. The van der Waals surface area contributed by atoms with Crippen LogP contribution in [0.4, 0.5) is 0 Å². The van der Waals surface area contributed by atoms with Crippen LogP contribution in [0.25, 0.3) is 0 Å². The summed E-state index contributed by atoms with van der Waals surface area (Å²) in [4.78, 5) is 21.4. The molecule has 23 heavy (non-hydrogen) atoms. The molecule has 0 amide bonds. The Labute approximate surface area is 138 Å². The molecule has 0 aromatic carbocycles. The molecule has 1 aliphatic heterocycles. The van der Waals surface area contributed by atoms with Gasteiger partial charge in [0, 0.05) is 25.9 Å². The second-order valence-corrected chi connectivity index (χ2v) is 6.50. The van der Waals surface area contributed by atoms with Crippen molar-refractivity contribution < 1.29 is 28.9 Å². The van der Waals surface area contributed by atoms with E-state index in [1.165, 1.54) is 6.92 Å². The molecule has 0 aliphatic carbocycles. The molecule has 0 saturated carbocycles. The molecule has 0 spiro atoms. The predicted octanol–water partition coefficient (Wildman–Crippen LogP) is 2.84. The minimum absolute atomic E-state index is 0.151. The van der Waals surface area contributed by atoms with Crippen molar-refractivity contribution in [1.29, 1.82) is 0 Å². The zero-order chi connectivity index (χ0) is 17.4. The zero-order valence-electron chi connectivity index (χ0n) is 14.6. The lowest BCUT2D eigenvalue weighted by molar-refractivity contribution is -0.255. The molecule has 5 atom stereocenters. The minimum Gasteiger partial charge on any atom is -0.481 e. The Balaban J connectivity index is 2.37. The second-order valence-electron chi connectivity index (χ2n) is 6.50. The van der Waals surface area contributed by atoms with Crippen molar-refractivity contribution in [3.8, 4) is 0 Å². The zero-order valence-corrected chi connectivity index (χ0v) is 14.6. The summed E-state index contributed by atoms with van der Waals surface area (Å²) in [6.45, 7) is 8.59. The number of unbranched alkanes of at least 4 members (excludes halogenated alkanes) is 2. The molecule has 0 aromatic heterocycles. The van der Waals surface area contributed by atoms with Gasteiger partial charge in [-0.05, 0) is 24.7 Å². The van der Waals surface area contributed by atoms with Gasteiger partial charge in [0.25, 0.3) is 0 Å². The van der Waals surface area contributed by atoms with Gasteiger partial charge in [-0.1, -0.05) is 27.2 Å². The van der Waals surface area contributed by atoms with Crippen LogP contribution in [0.3, 0.4) is 0 Å². The number of carbonyl (C=O) groups excluding carboxylic acids is 1. The van der Waals surface area contributed by atoms with E-state index in [0.29, 0.717) is 24.9 Å². The second kappa shape index (κ2) is 9.88. The van der Waals surface area contributed by atoms with Gasteiger partial charge in [-0.15, -0.1) is 0 Å². The number of hydrogen-bond acceptors (Lipinski definition) is 5. The third-order valence-electron chi connectivity index (χ3n) is 4.75. The highest BCUT2D eigenvalue weighted by molar-refractivity contribution is 5.66. The van der Waals surface area contributed by atoms with E-state index in [4.69, 9.17) is 19.3 Å². The standard InChI is InChI=1S/C17H30O6/c1-11-12(2)15(10-22-14(4)18)23-17(13(11)3)21-9-7-5-6-8-16(19)20/h11-13,15,17H,5-10H2,1-4H3,(H,19,20)/t11-,12+,13?,15?,17+/m0/s1. The third-order valence-corrected chi connectivity index (χ3v) is 4.75. The van der Waals surface area contributed by atoms with E-state index in [9.17, 15) is 9.59 Å². The van der Waals surface area contributed by atoms with Gasteiger partial charge >= 0.3 is 11.9 Å². The van der Waals surface area contributed by atoms with Crippen molar-refractivity contribution in [3.05, 3.63) is 0 Å². The smallest absolute Gasteiger partial charge is 0.303 e. The van der Waals surface area contributed by atoms with Crippen LogP contribution in [-0.2, 0) is 23.8 Å². The van der Waals surface area contributed by atoms with E-state index in [1.54, 1.807) is 0 Å². The van der Waals surface area contributed by atoms with Gasteiger partial charge in [0.15, 0.2) is 6.29 Å². The van der Waals surface area contributed by atoms with E-state index in [0.717, 1.165) is 12.8 Å². The maximum Gasteiger partial charge on any atom is 0.303 e. The van der Waals surface area contributed by atoms with Crippen LogP contribution < -0.4 is 0 Å². The molecule has 6 heteroatoms. The van der Waals surface area contributed by atoms with Gasteiger partial charge in [-0.25, -0.2) is 0 Å². The van der Waals surface area contributed by atoms with E-state index in [-0.39, 0.29) is 37.3 Å². The average Bonchev–Trinajstić information content (AvgIpc) is 2.48. The fraction of sp³-hybridized carbons (Fsp3) is 0.882. The quantitative estimate of drug-likeness (QED) is 0.517. The summed E-state index contributed by atoms with van der Waals surface area (Å²) >= 11 is 0. The van der Waals surface area contributed by atoms with Gasteiger partial charge < -0.3 is 19.3 Å². The van der Waals surface area contributed by atoms with Gasteiger partial charge in [-0.3, -0.25) is 9.59 Å². The highest BCUT2D eigenvalue weighted by Crippen LogP contribution is 2.35. The molecule has 6 nitrogen and oxygen atoms in total. The number of carbonyl (C=O) groups is 2. The summed E-state index contributed by atoms with van der Waals surface area (Å²) in [6, 6.07) is 0. The Kier molecular flexibility index (Phi) is 8.55. The van der Waals surface area contributed by atoms with Crippen molar-refractivity contribution >= 4 is 11.9 Å². The van der Waals surface area contributed by atoms with E-state index >= 15 is 0 Å². The first-order valence-corrected chi connectivity index (χ1v) is 8.45. The van der Waals surface area contributed by atoms with Crippen LogP contribution in [0.15, 0.2) is 0 Å². The van der Waals surface area contributed by atoms with Crippen molar-refractivity contribution in [3.63, 3.8) is 0 Å². The lowest BCUT2D eigenvalue weighted by Crippen LogP contribution is -2.47.